The molecule has 4 nitrogen and oxygen atoms in total. The van der Waals surface area contributed by atoms with E-state index in [9.17, 15) is 10.1 Å². The zero-order valence-corrected chi connectivity index (χ0v) is 14.9. The van der Waals surface area contributed by atoms with E-state index < -0.39 is 5.91 Å². The molecule has 4 heteroatoms. The third-order valence-corrected chi connectivity index (χ3v) is 4.09. The van der Waals surface area contributed by atoms with Gasteiger partial charge in [0.15, 0.2) is 0 Å². The van der Waals surface area contributed by atoms with E-state index in [1.54, 1.807) is 6.08 Å². The molecule has 128 valence electrons. The zero-order valence-electron chi connectivity index (χ0n) is 14.9. The Morgan fingerprint density at radius 2 is 1.76 bits per heavy atom. The van der Waals surface area contributed by atoms with Crippen LogP contribution in [0.2, 0.25) is 0 Å². The minimum Gasteiger partial charge on any atom is -0.372 e. The van der Waals surface area contributed by atoms with Gasteiger partial charge in [-0.2, -0.15) is 5.26 Å². The van der Waals surface area contributed by atoms with Crippen molar-refractivity contribution in [3.05, 3.63) is 65.2 Å². The lowest BCUT2D eigenvalue weighted by atomic mass is 10.1. The fraction of sp³-hybridized carbons (Fsp3) is 0.238. The Labute approximate surface area is 149 Å². The van der Waals surface area contributed by atoms with Crippen LogP contribution in [-0.4, -0.2) is 19.0 Å². The highest BCUT2D eigenvalue weighted by atomic mass is 16.1. The van der Waals surface area contributed by atoms with Crippen molar-refractivity contribution in [3.63, 3.8) is 0 Å². The van der Waals surface area contributed by atoms with Crippen LogP contribution in [0.25, 0.3) is 6.08 Å². The number of carbonyl (C=O) groups is 1. The monoisotopic (exact) mass is 333 g/mol. The van der Waals surface area contributed by atoms with Crippen LogP contribution in [0.4, 0.5) is 11.4 Å². The molecule has 0 aliphatic rings. The predicted molar refractivity (Wildman–Crippen MR) is 103 cm³/mol. The second kappa shape index (κ2) is 8.70. The second-order valence-electron chi connectivity index (χ2n) is 5.70. The molecule has 1 N–H and O–H groups in total. The van der Waals surface area contributed by atoms with Crippen LogP contribution in [-0.2, 0) is 4.79 Å². The summed E-state index contributed by atoms with van der Waals surface area (Å²) in [6, 6.07) is 17.3. The van der Waals surface area contributed by atoms with E-state index in [-0.39, 0.29) is 5.57 Å². The molecule has 0 spiro atoms. The van der Waals surface area contributed by atoms with Gasteiger partial charge in [0.25, 0.3) is 5.91 Å². The minimum atomic E-state index is -0.399. The molecule has 0 heterocycles. The molecule has 0 aromatic heterocycles. The maximum absolute atomic E-state index is 12.4. The fourth-order valence-electron chi connectivity index (χ4n) is 2.59. The summed E-state index contributed by atoms with van der Waals surface area (Å²) < 4.78 is 0. The van der Waals surface area contributed by atoms with Crippen LogP contribution < -0.4 is 10.2 Å². The maximum atomic E-state index is 12.4. The van der Waals surface area contributed by atoms with E-state index in [1.807, 2.05) is 61.5 Å². The summed E-state index contributed by atoms with van der Waals surface area (Å²) in [4.78, 5) is 14.6. The summed E-state index contributed by atoms with van der Waals surface area (Å²) in [5.41, 5.74) is 3.71. The molecule has 0 saturated carbocycles. The van der Waals surface area contributed by atoms with Crippen LogP contribution in [0.3, 0.4) is 0 Å². The van der Waals surface area contributed by atoms with Gasteiger partial charge in [0, 0.05) is 24.5 Å². The van der Waals surface area contributed by atoms with Gasteiger partial charge in [-0.05, 0) is 56.2 Å². The lowest BCUT2D eigenvalue weighted by Gasteiger charge is -2.20. The van der Waals surface area contributed by atoms with Crippen molar-refractivity contribution in [2.45, 2.75) is 20.8 Å². The molecule has 0 saturated heterocycles. The average molecular weight is 333 g/mol. The number of rotatable bonds is 6. The van der Waals surface area contributed by atoms with E-state index in [1.165, 1.54) is 0 Å². The molecular formula is C21H23N3O. The van der Waals surface area contributed by atoms with Gasteiger partial charge in [-0.15, -0.1) is 0 Å². The normalized spacial score (nSPS) is 10.9. The van der Waals surface area contributed by atoms with Gasteiger partial charge in [0.05, 0.1) is 0 Å². The Morgan fingerprint density at radius 3 is 2.32 bits per heavy atom. The van der Waals surface area contributed by atoms with E-state index >= 15 is 0 Å². The summed E-state index contributed by atoms with van der Waals surface area (Å²) in [6.07, 6.45) is 1.61. The Balaban J connectivity index is 2.18. The van der Waals surface area contributed by atoms with Crippen LogP contribution in [0.1, 0.15) is 25.0 Å². The number of nitrogens with zero attached hydrogens (tertiary/aromatic N) is 2. The molecule has 1 amide bonds. The van der Waals surface area contributed by atoms with Gasteiger partial charge in [-0.1, -0.05) is 30.3 Å². The molecule has 0 fully saturated rings. The maximum Gasteiger partial charge on any atom is 0.266 e. The van der Waals surface area contributed by atoms with Crippen LogP contribution in [0, 0.1) is 18.3 Å². The second-order valence-corrected chi connectivity index (χ2v) is 5.70. The fourth-order valence-corrected chi connectivity index (χ4v) is 2.59. The molecule has 2 aromatic carbocycles. The first-order valence-electron chi connectivity index (χ1n) is 8.42. The van der Waals surface area contributed by atoms with Crippen molar-refractivity contribution in [2.24, 2.45) is 0 Å². The van der Waals surface area contributed by atoms with Crippen LogP contribution in [0.15, 0.2) is 54.1 Å². The van der Waals surface area contributed by atoms with Gasteiger partial charge >= 0.3 is 0 Å². The number of nitriles is 1. The van der Waals surface area contributed by atoms with Crippen LogP contribution >= 0.6 is 0 Å². The van der Waals surface area contributed by atoms with Crippen molar-refractivity contribution in [1.82, 2.24) is 0 Å². The van der Waals surface area contributed by atoms with Crippen molar-refractivity contribution in [3.8, 4) is 6.07 Å². The summed E-state index contributed by atoms with van der Waals surface area (Å²) in [5.74, 6) is -0.399. The van der Waals surface area contributed by atoms with E-state index in [2.05, 4.69) is 24.1 Å². The first-order chi connectivity index (χ1) is 12.1. The molecule has 0 bridgehead atoms. The zero-order chi connectivity index (χ0) is 18.2. The van der Waals surface area contributed by atoms with Crippen molar-refractivity contribution >= 4 is 23.4 Å². The van der Waals surface area contributed by atoms with Crippen molar-refractivity contribution in [1.29, 1.82) is 5.26 Å². The third-order valence-electron chi connectivity index (χ3n) is 4.09. The van der Waals surface area contributed by atoms with E-state index in [0.29, 0.717) is 5.69 Å². The summed E-state index contributed by atoms with van der Waals surface area (Å²) in [6.45, 7) is 8.02. The van der Waals surface area contributed by atoms with Gasteiger partial charge in [0.1, 0.15) is 11.6 Å². The number of anilines is 2. The third kappa shape index (κ3) is 4.71. The first kappa shape index (κ1) is 18.3. The number of carbonyl (C=O) groups excluding carboxylic acids is 1. The highest BCUT2D eigenvalue weighted by Crippen LogP contribution is 2.18. The van der Waals surface area contributed by atoms with E-state index in [4.69, 9.17) is 0 Å². The number of amides is 1. The number of benzene rings is 2. The molecular weight excluding hydrogens is 310 g/mol. The summed E-state index contributed by atoms with van der Waals surface area (Å²) in [7, 11) is 0. The Kier molecular flexibility index (Phi) is 6.36. The molecule has 2 rings (SSSR count). The Bertz CT molecular complexity index is 797. The summed E-state index contributed by atoms with van der Waals surface area (Å²) in [5, 5.41) is 12.1. The molecule has 0 atom stereocenters. The van der Waals surface area contributed by atoms with Gasteiger partial charge in [-0.3, -0.25) is 4.79 Å². The first-order valence-corrected chi connectivity index (χ1v) is 8.42. The molecule has 0 unspecified atom stereocenters. The summed E-state index contributed by atoms with van der Waals surface area (Å²) >= 11 is 0. The Morgan fingerprint density at radius 1 is 1.12 bits per heavy atom. The van der Waals surface area contributed by atoms with Crippen molar-refractivity contribution < 1.29 is 4.79 Å². The highest BCUT2D eigenvalue weighted by molar-refractivity contribution is 6.09. The quantitative estimate of drug-likeness (QED) is 0.630. The van der Waals surface area contributed by atoms with Gasteiger partial charge in [-0.25, -0.2) is 0 Å². The SMILES string of the molecule is CCN(CC)c1ccc(/C=C(/C#N)C(=O)Nc2ccccc2C)cc1. The highest BCUT2D eigenvalue weighted by Gasteiger charge is 2.10. The lowest BCUT2D eigenvalue weighted by Crippen LogP contribution is -2.21. The number of aryl methyl sites for hydroxylation is 1. The van der Waals surface area contributed by atoms with Gasteiger partial charge < -0.3 is 10.2 Å². The Hall–Kier alpha value is -3.06. The number of hydrogen-bond acceptors (Lipinski definition) is 3. The van der Waals surface area contributed by atoms with Gasteiger partial charge in [0.2, 0.25) is 0 Å². The molecule has 0 aliphatic heterocycles. The number of hydrogen-bond donors (Lipinski definition) is 1. The minimum absolute atomic E-state index is 0.0823. The predicted octanol–water partition coefficient (Wildman–Crippen LogP) is 4.39. The van der Waals surface area contributed by atoms with E-state index in [0.717, 1.165) is 29.9 Å². The molecule has 25 heavy (non-hydrogen) atoms. The molecule has 2 aromatic rings. The number of para-hydroxylation sites is 1. The topological polar surface area (TPSA) is 56.1 Å². The molecule has 0 aliphatic carbocycles. The van der Waals surface area contributed by atoms with Crippen molar-refractivity contribution in [2.75, 3.05) is 23.3 Å². The molecule has 0 radical (unpaired) electrons. The smallest absolute Gasteiger partial charge is 0.266 e. The largest absolute Gasteiger partial charge is 0.372 e. The number of nitrogens with one attached hydrogen (secondary N) is 1. The average Bonchev–Trinajstić information content (AvgIpc) is 2.63. The standard InChI is InChI=1S/C21H23N3O/c1-4-24(5-2)19-12-10-17(11-13-19)14-18(15-22)21(25)23-20-9-7-6-8-16(20)3/h6-14H,4-5H2,1-3H3,(H,23,25)/b18-14-. The lowest BCUT2D eigenvalue weighted by molar-refractivity contribution is -0.112. The van der Waals surface area contributed by atoms with Crippen LogP contribution in [0.5, 0.6) is 0 Å².